The first-order valence-electron chi connectivity index (χ1n) is 10.1. The van der Waals surface area contributed by atoms with Gasteiger partial charge in [-0.3, -0.25) is 0 Å². The van der Waals surface area contributed by atoms with Crippen LogP contribution in [0.2, 0.25) is 0 Å². The fourth-order valence-electron chi connectivity index (χ4n) is 3.13. The molecule has 2 aromatic carbocycles. The number of hydrogen-bond donors (Lipinski definition) is 2. The summed E-state index contributed by atoms with van der Waals surface area (Å²) < 4.78 is 40.7. The molecule has 3 rings (SSSR count). The highest BCUT2D eigenvalue weighted by atomic mass is 19.4. The Labute approximate surface area is 174 Å². The maximum Gasteiger partial charge on any atom is 0.421 e. The molecule has 0 unspecified atom stereocenters. The van der Waals surface area contributed by atoms with Crippen LogP contribution in [0.15, 0.2) is 60.8 Å². The summed E-state index contributed by atoms with van der Waals surface area (Å²) >= 11 is 0. The van der Waals surface area contributed by atoms with E-state index in [-0.39, 0.29) is 11.8 Å². The number of rotatable bonds is 9. The van der Waals surface area contributed by atoms with Gasteiger partial charge in [-0.2, -0.15) is 18.2 Å². The molecular weight excluding hydrogens is 389 g/mol. The molecule has 0 saturated heterocycles. The molecule has 1 heterocycles. The van der Waals surface area contributed by atoms with E-state index in [4.69, 9.17) is 0 Å². The van der Waals surface area contributed by atoms with E-state index in [0.29, 0.717) is 11.4 Å². The van der Waals surface area contributed by atoms with Crippen LogP contribution in [0.4, 0.5) is 36.3 Å². The van der Waals surface area contributed by atoms with Crippen molar-refractivity contribution < 1.29 is 13.2 Å². The summed E-state index contributed by atoms with van der Waals surface area (Å²) in [5.41, 5.74) is 1.39. The van der Waals surface area contributed by atoms with Crippen LogP contribution in [0.5, 0.6) is 0 Å². The molecule has 0 amide bonds. The second-order valence-corrected chi connectivity index (χ2v) is 7.04. The van der Waals surface area contributed by atoms with Crippen molar-refractivity contribution in [1.29, 1.82) is 0 Å². The van der Waals surface area contributed by atoms with Crippen molar-refractivity contribution in [3.8, 4) is 0 Å². The van der Waals surface area contributed by atoms with Gasteiger partial charge in [-0.05, 0) is 36.6 Å². The number of nitrogens with one attached hydrogen (secondary N) is 2. The Bertz CT molecular complexity index is 943. The third kappa shape index (κ3) is 5.95. The van der Waals surface area contributed by atoms with Crippen molar-refractivity contribution in [2.75, 3.05) is 10.6 Å². The van der Waals surface area contributed by atoms with Gasteiger partial charge in [-0.25, -0.2) is 4.98 Å². The Hall–Kier alpha value is -3.09. The smallest absolute Gasteiger partial charge is 0.339 e. The summed E-state index contributed by atoms with van der Waals surface area (Å²) in [6.45, 7) is 2.14. The van der Waals surface area contributed by atoms with E-state index in [9.17, 15) is 13.2 Å². The summed E-state index contributed by atoms with van der Waals surface area (Å²) in [5, 5.41) is 5.85. The quantitative estimate of drug-likeness (QED) is 0.367. The number of para-hydroxylation sites is 2. The number of hydrogen-bond acceptors (Lipinski definition) is 4. The highest BCUT2D eigenvalue weighted by molar-refractivity contribution is 5.65. The maximum absolute atomic E-state index is 13.6. The topological polar surface area (TPSA) is 49.8 Å². The highest BCUT2D eigenvalue weighted by Crippen LogP contribution is 2.36. The lowest BCUT2D eigenvalue weighted by molar-refractivity contribution is -0.137. The van der Waals surface area contributed by atoms with Crippen molar-refractivity contribution in [1.82, 2.24) is 9.97 Å². The van der Waals surface area contributed by atoms with Crippen LogP contribution >= 0.6 is 0 Å². The lowest BCUT2D eigenvalue weighted by Gasteiger charge is -2.17. The zero-order chi connectivity index (χ0) is 21.4. The number of aromatic nitrogens is 2. The van der Waals surface area contributed by atoms with E-state index < -0.39 is 11.7 Å². The molecule has 1 aromatic heterocycles. The van der Waals surface area contributed by atoms with Gasteiger partial charge >= 0.3 is 6.18 Å². The SMILES string of the molecule is CCCCCCc1ccccc1Nc1nc(Nc2ccccc2)ncc1C(F)(F)F. The molecular formula is C23H25F3N4. The van der Waals surface area contributed by atoms with E-state index in [0.717, 1.165) is 43.9 Å². The molecule has 158 valence electrons. The van der Waals surface area contributed by atoms with E-state index in [1.165, 1.54) is 0 Å². The Balaban J connectivity index is 1.87. The van der Waals surface area contributed by atoms with Gasteiger partial charge in [0.15, 0.2) is 0 Å². The molecule has 0 fully saturated rings. The molecule has 0 bridgehead atoms. The number of alkyl halides is 3. The standard InChI is InChI=1S/C23H25F3N4/c1-2-3-4-6-11-17-12-9-10-15-20(17)29-21-19(23(24,25)26)16-27-22(30-21)28-18-13-7-5-8-14-18/h5,7-10,12-16H,2-4,6,11H2,1H3,(H2,27,28,29,30). The predicted octanol–water partition coefficient (Wildman–Crippen LogP) is 7.11. The summed E-state index contributed by atoms with van der Waals surface area (Å²) in [5.74, 6) is -0.172. The number of anilines is 4. The molecule has 0 radical (unpaired) electrons. The summed E-state index contributed by atoms with van der Waals surface area (Å²) in [7, 11) is 0. The first kappa shape index (κ1) is 21.6. The van der Waals surface area contributed by atoms with Crippen LogP contribution in [0, 0.1) is 0 Å². The highest BCUT2D eigenvalue weighted by Gasteiger charge is 2.35. The second-order valence-electron chi connectivity index (χ2n) is 7.04. The largest absolute Gasteiger partial charge is 0.421 e. The van der Waals surface area contributed by atoms with Crippen LogP contribution < -0.4 is 10.6 Å². The Morgan fingerprint density at radius 3 is 2.33 bits per heavy atom. The van der Waals surface area contributed by atoms with Gasteiger partial charge in [0.1, 0.15) is 11.4 Å². The molecule has 30 heavy (non-hydrogen) atoms. The normalized spacial score (nSPS) is 11.3. The predicted molar refractivity (Wildman–Crippen MR) is 114 cm³/mol. The molecule has 0 aliphatic heterocycles. The number of aryl methyl sites for hydroxylation is 1. The minimum Gasteiger partial charge on any atom is -0.339 e. The van der Waals surface area contributed by atoms with Gasteiger partial charge in [0.2, 0.25) is 5.95 Å². The third-order valence-electron chi connectivity index (χ3n) is 4.69. The molecule has 0 saturated carbocycles. The van der Waals surface area contributed by atoms with Crippen molar-refractivity contribution in [2.45, 2.75) is 45.2 Å². The Kier molecular flexibility index (Phi) is 7.27. The van der Waals surface area contributed by atoms with Gasteiger partial charge in [0, 0.05) is 17.6 Å². The maximum atomic E-state index is 13.6. The number of nitrogens with zero attached hydrogens (tertiary/aromatic N) is 2. The monoisotopic (exact) mass is 414 g/mol. The molecule has 7 heteroatoms. The molecule has 4 nitrogen and oxygen atoms in total. The van der Waals surface area contributed by atoms with Crippen LogP contribution in [-0.4, -0.2) is 9.97 Å². The Morgan fingerprint density at radius 1 is 0.867 bits per heavy atom. The zero-order valence-corrected chi connectivity index (χ0v) is 16.8. The van der Waals surface area contributed by atoms with Crippen LogP contribution in [0.25, 0.3) is 0 Å². The molecule has 0 spiro atoms. The van der Waals surface area contributed by atoms with E-state index in [1.54, 1.807) is 24.3 Å². The first-order chi connectivity index (χ1) is 14.5. The van der Waals surface area contributed by atoms with Gasteiger partial charge < -0.3 is 10.6 Å². The number of benzene rings is 2. The minimum absolute atomic E-state index is 0.0946. The summed E-state index contributed by atoms with van der Waals surface area (Å²) in [6.07, 6.45) is 1.40. The van der Waals surface area contributed by atoms with Crippen molar-refractivity contribution in [3.63, 3.8) is 0 Å². The van der Waals surface area contributed by atoms with E-state index >= 15 is 0 Å². The minimum atomic E-state index is -4.57. The van der Waals surface area contributed by atoms with Gasteiger partial charge in [0.05, 0.1) is 0 Å². The molecule has 0 aliphatic rings. The molecule has 3 aromatic rings. The first-order valence-corrected chi connectivity index (χ1v) is 10.1. The molecule has 0 aliphatic carbocycles. The number of halogens is 3. The summed E-state index contributed by atoms with van der Waals surface area (Å²) in [6, 6.07) is 16.5. The summed E-state index contributed by atoms with van der Waals surface area (Å²) in [4.78, 5) is 7.98. The van der Waals surface area contributed by atoms with Crippen molar-refractivity contribution >= 4 is 23.1 Å². The molecule has 0 atom stereocenters. The average molecular weight is 414 g/mol. The van der Waals surface area contributed by atoms with E-state index in [1.807, 2.05) is 30.3 Å². The average Bonchev–Trinajstić information content (AvgIpc) is 2.72. The van der Waals surface area contributed by atoms with Crippen molar-refractivity contribution in [2.24, 2.45) is 0 Å². The third-order valence-corrected chi connectivity index (χ3v) is 4.69. The van der Waals surface area contributed by atoms with Gasteiger partial charge in [0.25, 0.3) is 0 Å². The lowest BCUT2D eigenvalue weighted by Crippen LogP contribution is -2.13. The zero-order valence-electron chi connectivity index (χ0n) is 16.8. The lowest BCUT2D eigenvalue weighted by atomic mass is 10.0. The van der Waals surface area contributed by atoms with Gasteiger partial charge in [-0.1, -0.05) is 62.6 Å². The van der Waals surface area contributed by atoms with Crippen LogP contribution in [-0.2, 0) is 12.6 Å². The second kappa shape index (κ2) is 10.1. The van der Waals surface area contributed by atoms with Crippen LogP contribution in [0.1, 0.15) is 43.7 Å². The van der Waals surface area contributed by atoms with Gasteiger partial charge in [-0.15, -0.1) is 0 Å². The fraction of sp³-hybridized carbons (Fsp3) is 0.304. The molecule has 2 N–H and O–H groups in total. The fourth-order valence-corrected chi connectivity index (χ4v) is 3.13. The Morgan fingerprint density at radius 2 is 1.60 bits per heavy atom. The van der Waals surface area contributed by atoms with E-state index in [2.05, 4.69) is 27.5 Å². The van der Waals surface area contributed by atoms with Crippen molar-refractivity contribution in [3.05, 3.63) is 71.9 Å². The van der Waals surface area contributed by atoms with Crippen LogP contribution in [0.3, 0.4) is 0 Å². The number of unbranched alkanes of at least 4 members (excludes halogenated alkanes) is 3.